The molecule has 0 bridgehead atoms. The molecule has 2 heterocycles. The molecule has 1 aromatic heterocycles. The Kier molecular flexibility index (Phi) is 3.93. The highest BCUT2D eigenvalue weighted by molar-refractivity contribution is 5.48. The Labute approximate surface area is 138 Å². The molecule has 0 fully saturated rings. The van der Waals surface area contributed by atoms with Gasteiger partial charge in [-0.3, -0.25) is 0 Å². The molecule has 2 aromatic carbocycles. The predicted octanol–water partition coefficient (Wildman–Crippen LogP) is 3.59. The Bertz CT molecular complexity index is 818. The summed E-state index contributed by atoms with van der Waals surface area (Å²) < 4.78 is 21.3. The zero-order valence-corrected chi connectivity index (χ0v) is 12.9. The van der Waals surface area contributed by atoms with E-state index in [4.69, 9.17) is 18.7 Å². The second kappa shape index (κ2) is 6.54. The quantitative estimate of drug-likeness (QED) is 0.747. The molecule has 0 amide bonds. The van der Waals surface area contributed by atoms with Gasteiger partial charge in [-0.15, -0.1) is 0 Å². The maximum atomic E-state index is 5.83. The molecular formula is C18H16N2O4. The van der Waals surface area contributed by atoms with Crippen LogP contribution in [-0.2, 0) is 13.2 Å². The van der Waals surface area contributed by atoms with Gasteiger partial charge in [0.2, 0.25) is 6.79 Å². The van der Waals surface area contributed by atoms with E-state index in [-0.39, 0.29) is 6.79 Å². The molecular weight excluding hydrogens is 308 g/mol. The molecule has 3 aromatic rings. The molecule has 6 nitrogen and oxygen atoms in total. The van der Waals surface area contributed by atoms with Crippen LogP contribution in [0.4, 0.5) is 5.69 Å². The van der Waals surface area contributed by atoms with Crippen molar-refractivity contribution in [1.82, 2.24) is 5.16 Å². The Morgan fingerprint density at radius 2 is 2.00 bits per heavy atom. The summed E-state index contributed by atoms with van der Waals surface area (Å²) in [5.41, 5.74) is 2.93. The molecule has 0 atom stereocenters. The number of hydrogen-bond acceptors (Lipinski definition) is 6. The van der Waals surface area contributed by atoms with Crippen molar-refractivity contribution in [3.8, 4) is 17.2 Å². The molecule has 1 N–H and O–H groups in total. The minimum absolute atomic E-state index is 0.262. The summed E-state index contributed by atoms with van der Waals surface area (Å²) in [7, 11) is 0. The lowest BCUT2D eigenvalue weighted by atomic mass is 10.2. The average Bonchev–Trinajstić information content (AvgIpc) is 3.29. The highest BCUT2D eigenvalue weighted by atomic mass is 16.7. The first-order valence-electron chi connectivity index (χ1n) is 7.61. The second-order valence-corrected chi connectivity index (χ2v) is 5.35. The zero-order chi connectivity index (χ0) is 16.2. The summed E-state index contributed by atoms with van der Waals surface area (Å²) in [4.78, 5) is 0. The van der Waals surface area contributed by atoms with E-state index in [0.717, 1.165) is 34.2 Å². The van der Waals surface area contributed by atoms with Gasteiger partial charge in [-0.2, -0.15) is 0 Å². The minimum atomic E-state index is 0.262. The molecule has 4 rings (SSSR count). The Morgan fingerprint density at radius 3 is 2.92 bits per heavy atom. The molecule has 122 valence electrons. The fourth-order valence-corrected chi connectivity index (χ4v) is 2.43. The Hall–Kier alpha value is -3.15. The van der Waals surface area contributed by atoms with Crippen LogP contribution in [0.3, 0.4) is 0 Å². The topological polar surface area (TPSA) is 65.8 Å². The van der Waals surface area contributed by atoms with Crippen LogP contribution in [0, 0.1) is 0 Å². The average molecular weight is 324 g/mol. The van der Waals surface area contributed by atoms with E-state index in [2.05, 4.69) is 10.5 Å². The van der Waals surface area contributed by atoms with E-state index in [0.29, 0.717) is 13.2 Å². The Morgan fingerprint density at radius 1 is 1.04 bits per heavy atom. The summed E-state index contributed by atoms with van der Waals surface area (Å²) in [6, 6.07) is 15.5. The monoisotopic (exact) mass is 324 g/mol. The van der Waals surface area contributed by atoms with E-state index >= 15 is 0 Å². The van der Waals surface area contributed by atoms with Crippen molar-refractivity contribution >= 4 is 5.69 Å². The van der Waals surface area contributed by atoms with Crippen molar-refractivity contribution < 1.29 is 18.7 Å². The third-order valence-electron chi connectivity index (χ3n) is 3.64. The number of nitrogens with one attached hydrogen (secondary N) is 1. The normalized spacial score (nSPS) is 12.2. The highest BCUT2D eigenvalue weighted by Crippen LogP contribution is 2.35. The molecule has 24 heavy (non-hydrogen) atoms. The van der Waals surface area contributed by atoms with E-state index < -0.39 is 0 Å². The predicted molar refractivity (Wildman–Crippen MR) is 87.2 cm³/mol. The van der Waals surface area contributed by atoms with E-state index in [1.165, 1.54) is 0 Å². The first-order chi connectivity index (χ1) is 11.9. The summed E-state index contributed by atoms with van der Waals surface area (Å²) in [5, 5.41) is 7.18. The van der Waals surface area contributed by atoms with Crippen molar-refractivity contribution in [2.45, 2.75) is 13.2 Å². The van der Waals surface area contributed by atoms with Gasteiger partial charge >= 0.3 is 0 Å². The maximum Gasteiger partial charge on any atom is 0.231 e. The largest absolute Gasteiger partial charge is 0.489 e. The molecule has 0 spiro atoms. The summed E-state index contributed by atoms with van der Waals surface area (Å²) in [5.74, 6) is 2.22. The molecule has 0 unspecified atom stereocenters. The number of fused-ring (bicyclic) bond motifs is 1. The first-order valence-corrected chi connectivity index (χ1v) is 7.61. The fraction of sp³-hybridized carbons (Fsp3) is 0.167. The summed E-state index contributed by atoms with van der Waals surface area (Å²) in [6.45, 7) is 1.35. The van der Waals surface area contributed by atoms with Gasteiger partial charge in [-0.05, 0) is 29.8 Å². The fourth-order valence-electron chi connectivity index (χ4n) is 2.43. The first kappa shape index (κ1) is 14.4. The summed E-state index contributed by atoms with van der Waals surface area (Å²) in [6.07, 6.45) is 1.56. The molecule has 1 aliphatic heterocycles. The van der Waals surface area contributed by atoms with Crippen LogP contribution in [-0.4, -0.2) is 11.9 Å². The van der Waals surface area contributed by atoms with Crippen molar-refractivity contribution in [3.05, 3.63) is 66.1 Å². The number of anilines is 1. The van der Waals surface area contributed by atoms with Crippen LogP contribution in [0.15, 0.2) is 59.3 Å². The number of benzene rings is 2. The van der Waals surface area contributed by atoms with Gasteiger partial charge in [0.05, 0.1) is 6.54 Å². The van der Waals surface area contributed by atoms with Crippen molar-refractivity contribution in [2.24, 2.45) is 0 Å². The van der Waals surface area contributed by atoms with Gasteiger partial charge in [0.15, 0.2) is 11.5 Å². The summed E-state index contributed by atoms with van der Waals surface area (Å²) >= 11 is 0. The van der Waals surface area contributed by atoms with Crippen LogP contribution in [0.1, 0.15) is 11.3 Å². The van der Waals surface area contributed by atoms with Gasteiger partial charge in [0.25, 0.3) is 0 Å². The van der Waals surface area contributed by atoms with Gasteiger partial charge in [-0.25, -0.2) is 0 Å². The maximum absolute atomic E-state index is 5.83. The van der Waals surface area contributed by atoms with Crippen LogP contribution < -0.4 is 19.5 Å². The van der Waals surface area contributed by atoms with Crippen LogP contribution in [0.2, 0.25) is 0 Å². The zero-order valence-electron chi connectivity index (χ0n) is 12.9. The number of hydrogen-bond donors (Lipinski definition) is 1. The van der Waals surface area contributed by atoms with Crippen LogP contribution >= 0.6 is 0 Å². The molecule has 1 aliphatic rings. The van der Waals surface area contributed by atoms with Crippen molar-refractivity contribution in [1.29, 1.82) is 0 Å². The lowest BCUT2D eigenvalue weighted by Gasteiger charge is -2.09. The van der Waals surface area contributed by atoms with E-state index in [9.17, 15) is 0 Å². The number of nitrogens with zero attached hydrogens (tertiary/aromatic N) is 1. The SMILES string of the molecule is c1cc(COc2ccc3c(c2)OCO3)cc(NCc2ccon2)c1. The van der Waals surface area contributed by atoms with E-state index in [1.807, 2.05) is 48.5 Å². The minimum Gasteiger partial charge on any atom is -0.489 e. The Balaban J connectivity index is 1.37. The molecule has 0 radical (unpaired) electrons. The van der Waals surface area contributed by atoms with Crippen LogP contribution in [0.5, 0.6) is 17.2 Å². The molecule has 6 heteroatoms. The lowest BCUT2D eigenvalue weighted by molar-refractivity contribution is 0.173. The number of ether oxygens (including phenoxy) is 3. The number of rotatable bonds is 6. The van der Waals surface area contributed by atoms with Gasteiger partial charge in [0, 0.05) is 17.8 Å². The highest BCUT2D eigenvalue weighted by Gasteiger charge is 2.13. The van der Waals surface area contributed by atoms with E-state index in [1.54, 1.807) is 6.26 Å². The van der Waals surface area contributed by atoms with Crippen LogP contribution in [0.25, 0.3) is 0 Å². The third kappa shape index (κ3) is 3.27. The molecule has 0 saturated carbocycles. The second-order valence-electron chi connectivity index (χ2n) is 5.35. The van der Waals surface area contributed by atoms with Crippen molar-refractivity contribution in [3.63, 3.8) is 0 Å². The van der Waals surface area contributed by atoms with Crippen molar-refractivity contribution in [2.75, 3.05) is 12.1 Å². The third-order valence-corrected chi connectivity index (χ3v) is 3.64. The smallest absolute Gasteiger partial charge is 0.231 e. The molecule has 0 aliphatic carbocycles. The number of aromatic nitrogens is 1. The van der Waals surface area contributed by atoms with Gasteiger partial charge in [-0.1, -0.05) is 17.3 Å². The lowest BCUT2D eigenvalue weighted by Crippen LogP contribution is -2.01. The molecule has 0 saturated heterocycles. The van der Waals surface area contributed by atoms with Gasteiger partial charge in [0.1, 0.15) is 24.3 Å². The van der Waals surface area contributed by atoms with Gasteiger partial charge < -0.3 is 24.1 Å². The standard InChI is InChI=1S/C18H16N2O4/c1-2-13(8-14(3-1)19-10-15-6-7-24-20-15)11-21-16-4-5-17-18(9-16)23-12-22-17/h1-9,19H,10-12H2.